The maximum atomic E-state index is 13.2. The molecule has 0 aliphatic carbocycles. The van der Waals surface area contributed by atoms with Gasteiger partial charge in [0.05, 0.1) is 9.81 Å². The van der Waals surface area contributed by atoms with E-state index in [4.69, 9.17) is 24.4 Å². The van der Waals surface area contributed by atoms with Gasteiger partial charge in [0.1, 0.15) is 8.64 Å². The highest BCUT2D eigenvalue weighted by Gasteiger charge is 2.41. The topological polar surface area (TPSA) is 133 Å². The van der Waals surface area contributed by atoms with Gasteiger partial charge >= 0.3 is 0 Å². The van der Waals surface area contributed by atoms with Crippen LogP contribution in [-0.2, 0) is 19.2 Å². The summed E-state index contributed by atoms with van der Waals surface area (Å²) in [4.78, 5) is 77.1. The molecule has 0 bridgehead atoms. The number of hydrogen-bond acceptors (Lipinski definition) is 10. The third kappa shape index (κ3) is 8.25. The van der Waals surface area contributed by atoms with E-state index in [1.165, 1.54) is 23.6 Å². The van der Waals surface area contributed by atoms with E-state index in [1.54, 1.807) is 48.5 Å². The number of carbonyl (C=O) groups excluding carboxylic acids is 6. The van der Waals surface area contributed by atoms with Gasteiger partial charge in [-0.05, 0) is 75.2 Å². The number of anilines is 2. The number of Topliss-reactive ketones (excluding diaryl/α,β-unsaturated/α-hetero) is 2. The summed E-state index contributed by atoms with van der Waals surface area (Å²) in [6.45, 7) is 3.34. The van der Waals surface area contributed by atoms with Crippen LogP contribution in [0.2, 0.25) is 0 Å². The lowest BCUT2D eigenvalue weighted by molar-refractivity contribution is -0.124. The van der Waals surface area contributed by atoms with Crippen LogP contribution in [0.25, 0.3) is 0 Å². The van der Waals surface area contributed by atoms with Crippen LogP contribution in [0.1, 0.15) is 60.2 Å². The molecule has 0 aromatic heterocycles. The largest absolute Gasteiger partial charge is 0.326 e. The van der Waals surface area contributed by atoms with Crippen LogP contribution >= 0.6 is 48.0 Å². The van der Waals surface area contributed by atoms with E-state index in [0.717, 1.165) is 23.5 Å². The number of amides is 4. The number of ketones is 2. The molecule has 0 saturated carbocycles. The summed E-state index contributed by atoms with van der Waals surface area (Å²) in [5.74, 6) is -1.43. The van der Waals surface area contributed by atoms with Crippen molar-refractivity contribution in [3.8, 4) is 0 Å². The number of benzene rings is 2. The van der Waals surface area contributed by atoms with E-state index >= 15 is 0 Å². The Hall–Kier alpha value is -3.72. The maximum absolute atomic E-state index is 13.2. The van der Waals surface area contributed by atoms with Crippen molar-refractivity contribution in [2.24, 2.45) is 0 Å². The van der Waals surface area contributed by atoms with Gasteiger partial charge in [-0.3, -0.25) is 38.6 Å². The molecule has 2 fully saturated rings. The molecule has 2 N–H and O–H groups in total. The molecular weight excluding hydrogens is 641 g/mol. The van der Waals surface area contributed by atoms with E-state index in [1.807, 2.05) is 0 Å². The number of nitrogens with one attached hydrogen (secondary N) is 2. The lowest BCUT2D eigenvalue weighted by atomic mass is 10.1. The van der Waals surface area contributed by atoms with Crippen LogP contribution in [0.3, 0.4) is 0 Å². The Morgan fingerprint density at radius 3 is 1.30 bits per heavy atom. The second kappa shape index (κ2) is 14.8. The van der Waals surface area contributed by atoms with Gasteiger partial charge in [-0.15, -0.1) is 0 Å². The molecule has 0 radical (unpaired) electrons. The van der Waals surface area contributed by atoms with Crippen molar-refractivity contribution in [1.82, 2.24) is 9.80 Å². The highest BCUT2D eigenvalue weighted by molar-refractivity contribution is 8.29. The van der Waals surface area contributed by atoms with E-state index in [2.05, 4.69) is 10.6 Å². The lowest BCUT2D eigenvalue weighted by Gasteiger charge is -2.14. The fourth-order valence-electron chi connectivity index (χ4n) is 4.27. The first kappa shape index (κ1) is 33.2. The zero-order valence-electron chi connectivity index (χ0n) is 23.8. The normalized spacial score (nSPS) is 16.5. The van der Waals surface area contributed by atoms with Gasteiger partial charge in [0.25, 0.3) is 11.8 Å². The highest BCUT2D eigenvalue weighted by atomic mass is 32.2. The zero-order valence-corrected chi connectivity index (χ0v) is 27.1. The molecular formula is C30H28N4O6S4. The molecule has 4 amide bonds. The smallest absolute Gasteiger partial charge is 0.267 e. The quantitative estimate of drug-likeness (QED) is 0.178. The van der Waals surface area contributed by atoms with Crippen molar-refractivity contribution >= 4 is 103 Å². The first-order valence-corrected chi connectivity index (χ1v) is 16.0. The molecule has 10 nitrogen and oxygen atoms in total. The van der Waals surface area contributed by atoms with Crippen LogP contribution in [0.4, 0.5) is 11.4 Å². The average Bonchev–Trinajstić information content (AvgIpc) is 3.42. The number of nitrogens with zero attached hydrogens (tertiary/aromatic N) is 2. The van der Waals surface area contributed by atoms with E-state index in [0.29, 0.717) is 44.0 Å². The van der Waals surface area contributed by atoms with Crippen LogP contribution in [0, 0.1) is 0 Å². The Morgan fingerprint density at radius 2 is 0.977 bits per heavy atom. The molecule has 2 aromatic carbocycles. The third-order valence-electron chi connectivity index (χ3n) is 6.63. The second-order valence-corrected chi connectivity index (χ2v) is 13.2. The molecule has 2 aliphatic rings. The lowest BCUT2D eigenvalue weighted by Crippen LogP contribution is -2.31. The minimum absolute atomic E-state index is 0.0654. The average molecular weight is 669 g/mol. The summed E-state index contributed by atoms with van der Waals surface area (Å²) in [6, 6.07) is 13.1. The molecule has 228 valence electrons. The Balaban J connectivity index is 1.25. The van der Waals surface area contributed by atoms with Crippen LogP contribution in [-0.4, -0.2) is 66.7 Å². The Kier molecular flexibility index (Phi) is 11.2. The van der Waals surface area contributed by atoms with Gasteiger partial charge < -0.3 is 10.6 Å². The van der Waals surface area contributed by atoms with Crippen LogP contribution in [0.5, 0.6) is 0 Å². The first-order chi connectivity index (χ1) is 20.9. The van der Waals surface area contributed by atoms with Crippen molar-refractivity contribution in [2.45, 2.75) is 39.5 Å². The van der Waals surface area contributed by atoms with Gasteiger partial charge in [0.2, 0.25) is 11.8 Å². The fourth-order valence-corrected chi connectivity index (χ4v) is 7.05. The summed E-state index contributed by atoms with van der Waals surface area (Å²) in [5, 5.41) is 5.52. The SMILES string of the molecule is CC(=O)c1ccc(NC(=O)CCCN2C(=O)/C(=C3\SC(=S)N(CCCC(=O)Nc4ccc(C(C)=O)cc4)C3=O)SC2=S)cc1. The first-order valence-electron chi connectivity index (χ1n) is 13.6. The predicted octanol–water partition coefficient (Wildman–Crippen LogP) is 5.16. The number of thiocarbonyl (C=S) groups is 2. The molecule has 4 rings (SSSR count). The van der Waals surface area contributed by atoms with Gasteiger partial charge in [-0.25, -0.2) is 0 Å². The van der Waals surface area contributed by atoms with Gasteiger partial charge in [0, 0.05) is 48.4 Å². The molecule has 0 spiro atoms. The minimum atomic E-state index is -0.407. The third-order valence-corrected chi connectivity index (χ3v) is 9.65. The Labute approximate surface area is 273 Å². The molecule has 0 unspecified atom stereocenters. The predicted molar refractivity (Wildman–Crippen MR) is 179 cm³/mol. The second-order valence-electron chi connectivity index (χ2n) is 9.88. The van der Waals surface area contributed by atoms with Crippen molar-refractivity contribution in [2.75, 3.05) is 23.7 Å². The van der Waals surface area contributed by atoms with E-state index in [9.17, 15) is 28.8 Å². The Bertz CT molecular complexity index is 1470. The minimum Gasteiger partial charge on any atom is -0.326 e. The summed E-state index contributed by atoms with van der Waals surface area (Å²) in [6.07, 6.45) is 0.975. The van der Waals surface area contributed by atoms with Crippen molar-refractivity contribution in [3.05, 3.63) is 69.5 Å². The van der Waals surface area contributed by atoms with Gasteiger partial charge in [-0.1, -0.05) is 48.0 Å². The van der Waals surface area contributed by atoms with Gasteiger partial charge in [0.15, 0.2) is 11.6 Å². The van der Waals surface area contributed by atoms with Crippen molar-refractivity contribution in [1.29, 1.82) is 0 Å². The highest BCUT2D eigenvalue weighted by Crippen LogP contribution is 2.42. The Morgan fingerprint density at radius 1 is 0.636 bits per heavy atom. The van der Waals surface area contributed by atoms with E-state index < -0.39 is 11.8 Å². The molecule has 14 heteroatoms. The van der Waals surface area contributed by atoms with Crippen molar-refractivity contribution < 1.29 is 28.8 Å². The molecule has 2 heterocycles. The number of hydrogen-bond donors (Lipinski definition) is 2. The summed E-state index contributed by atoms with van der Waals surface area (Å²) in [5.41, 5.74) is 2.22. The molecule has 2 saturated heterocycles. The van der Waals surface area contributed by atoms with Crippen LogP contribution < -0.4 is 10.6 Å². The fraction of sp³-hybridized carbons (Fsp3) is 0.267. The zero-order chi connectivity index (χ0) is 32.0. The van der Waals surface area contributed by atoms with E-state index in [-0.39, 0.29) is 59.1 Å². The molecule has 0 atom stereocenters. The van der Waals surface area contributed by atoms with Gasteiger partial charge in [-0.2, -0.15) is 0 Å². The standard InChI is InChI=1S/C30H28N4O6S4/c1-17(35)19-7-11-21(12-8-19)31-23(37)5-3-15-33-27(39)25(43-29(33)41)26-28(40)34(30(42)44-26)16-4-6-24(38)32-22-13-9-20(10-14-22)18(2)36/h7-14H,3-6,15-16H2,1-2H3,(H,31,37)(H,32,38)/b26-25+. The summed E-state index contributed by atoms with van der Waals surface area (Å²) >= 11 is 12.9. The summed E-state index contributed by atoms with van der Waals surface area (Å²) in [7, 11) is 0. The maximum Gasteiger partial charge on any atom is 0.267 e. The number of rotatable bonds is 12. The molecule has 2 aromatic rings. The summed E-state index contributed by atoms with van der Waals surface area (Å²) < 4.78 is 0.590. The van der Waals surface area contributed by atoms with Crippen molar-refractivity contribution in [3.63, 3.8) is 0 Å². The monoisotopic (exact) mass is 668 g/mol. The molecule has 44 heavy (non-hydrogen) atoms. The number of thioether (sulfide) groups is 2. The number of carbonyl (C=O) groups is 6. The van der Waals surface area contributed by atoms with Crippen LogP contribution in [0.15, 0.2) is 58.3 Å². The molecule has 2 aliphatic heterocycles.